The molecule has 1 rings (SSSR count). The molecule has 0 fully saturated rings. The molecule has 1 nitrogen and oxygen atoms in total. The zero-order valence-electron chi connectivity index (χ0n) is 11.4. The van der Waals surface area contributed by atoms with Gasteiger partial charge in [0.2, 0.25) is 0 Å². The molecule has 0 spiro atoms. The molecule has 0 radical (unpaired) electrons. The van der Waals surface area contributed by atoms with Gasteiger partial charge in [0.05, 0.1) is 4.90 Å². The monoisotopic (exact) mass is 273 g/mol. The van der Waals surface area contributed by atoms with Crippen LogP contribution in [-0.2, 0) is 6.54 Å². The maximum atomic E-state index is 13.8. The Morgan fingerprint density at radius 3 is 2.11 bits per heavy atom. The molecule has 4 heteroatoms. The van der Waals surface area contributed by atoms with Crippen LogP contribution >= 0.6 is 11.8 Å². The van der Waals surface area contributed by atoms with Gasteiger partial charge in [0.15, 0.2) is 0 Å². The largest absolute Gasteiger partial charge is 0.312 e. The first-order valence-corrected chi connectivity index (χ1v) is 7.13. The van der Waals surface area contributed by atoms with Gasteiger partial charge in [-0.05, 0) is 30.2 Å². The molecule has 102 valence electrons. The quantitative estimate of drug-likeness (QED) is 0.779. The number of nitrogens with one attached hydrogen (secondary N) is 1. The van der Waals surface area contributed by atoms with Gasteiger partial charge in [-0.2, -0.15) is 0 Å². The minimum atomic E-state index is -0.463. The normalized spacial score (nSPS) is 11.6. The Morgan fingerprint density at radius 1 is 1.11 bits per heavy atom. The molecule has 0 aliphatic heterocycles. The van der Waals surface area contributed by atoms with E-state index in [1.54, 1.807) is 0 Å². The third-order valence-corrected chi connectivity index (χ3v) is 3.39. The van der Waals surface area contributed by atoms with E-state index in [-0.39, 0.29) is 10.1 Å². The van der Waals surface area contributed by atoms with Gasteiger partial charge in [0.1, 0.15) is 11.6 Å². The molecule has 0 unspecified atom stereocenters. The Labute approximate surface area is 112 Å². The Kier molecular flexibility index (Phi) is 6.09. The van der Waals surface area contributed by atoms with Crippen LogP contribution in [0.25, 0.3) is 0 Å². The lowest BCUT2D eigenvalue weighted by Gasteiger charge is -2.11. The summed E-state index contributed by atoms with van der Waals surface area (Å²) in [6.45, 7) is 9.36. The highest BCUT2D eigenvalue weighted by Gasteiger charge is 2.13. The van der Waals surface area contributed by atoms with Gasteiger partial charge in [0.25, 0.3) is 0 Å². The number of rotatable bonds is 6. The summed E-state index contributed by atoms with van der Waals surface area (Å²) in [6.07, 6.45) is 0. The molecular weight excluding hydrogens is 252 g/mol. The molecular formula is C14H21F2NS. The van der Waals surface area contributed by atoms with E-state index in [0.29, 0.717) is 18.0 Å². The van der Waals surface area contributed by atoms with Crippen LogP contribution in [0.3, 0.4) is 0 Å². The van der Waals surface area contributed by atoms with Crippen molar-refractivity contribution < 1.29 is 8.78 Å². The highest BCUT2D eigenvalue weighted by molar-refractivity contribution is 7.99. The highest BCUT2D eigenvalue weighted by atomic mass is 32.2. The predicted octanol–water partition coefficient (Wildman–Crippen LogP) is 4.21. The van der Waals surface area contributed by atoms with Crippen LogP contribution in [0.4, 0.5) is 8.78 Å². The first-order chi connectivity index (χ1) is 8.40. The minimum absolute atomic E-state index is 0.123. The lowest BCUT2D eigenvalue weighted by atomic mass is 10.2. The van der Waals surface area contributed by atoms with Crippen LogP contribution < -0.4 is 5.32 Å². The van der Waals surface area contributed by atoms with Gasteiger partial charge in [0, 0.05) is 11.8 Å². The second-order valence-corrected chi connectivity index (χ2v) is 6.67. The van der Waals surface area contributed by atoms with E-state index in [1.165, 1.54) is 23.9 Å². The van der Waals surface area contributed by atoms with Crippen LogP contribution in [-0.4, -0.2) is 11.8 Å². The summed E-state index contributed by atoms with van der Waals surface area (Å²) in [6, 6.07) is 2.84. The number of benzene rings is 1. The summed E-state index contributed by atoms with van der Waals surface area (Å²) in [5, 5.41) is 3.34. The van der Waals surface area contributed by atoms with Crippen molar-refractivity contribution in [2.75, 3.05) is 6.54 Å². The summed E-state index contributed by atoms with van der Waals surface area (Å²) in [4.78, 5) is 0.123. The Morgan fingerprint density at radius 2 is 1.67 bits per heavy atom. The fraction of sp³-hybridized carbons (Fsp3) is 0.571. The molecule has 0 heterocycles. The smallest absolute Gasteiger partial charge is 0.140 e. The lowest BCUT2D eigenvalue weighted by Crippen LogP contribution is -2.19. The first kappa shape index (κ1) is 15.4. The van der Waals surface area contributed by atoms with Crippen molar-refractivity contribution in [1.82, 2.24) is 5.32 Å². The third-order valence-electron chi connectivity index (χ3n) is 2.29. The molecule has 0 aromatic heterocycles. The third kappa shape index (κ3) is 4.94. The molecule has 0 aliphatic carbocycles. The van der Waals surface area contributed by atoms with Crippen molar-refractivity contribution in [1.29, 1.82) is 0 Å². The van der Waals surface area contributed by atoms with E-state index in [1.807, 2.05) is 13.8 Å². The lowest BCUT2D eigenvalue weighted by molar-refractivity contribution is 0.525. The number of hydrogen-bond acceptors (Lipinski definition) is 2. The fourth-order valence-electron chi connectivity index (χ4n) is 1.57. The summed E-state index contributed by atoms with van der Waals surface area (Å²) in [7, 11) is 0. The van der Waals surface area contributed by atoms with Crippen molar-refractivity contribution in [3.63, 3.8) is 0 Å². The van der Waals surface area contributed by atoms with E-state index in [2.05, 4.69) is 19.2 Å². The predicted molar refractivity (Wildman–Crippen MR) is 73.9 cm³/mol. The minimum Gasteiger partial charge on any atom is -0.312 e. The number of halogens is 2. The fourth-order valence-corrected chi connectivity index (χ4v) is 2.38. The Hall–Kier alpha value is -0.610. The van der Waals surface area contributed by atoms with Gasteiger partial charge in [-0.1, -0.05) is 27.7 Å². The van der Waals surface area contributed by atoms with Crippen molar-refractivity contribution in [2.24, 2.45) is 5.92 Å². The van der Waals surface area contributed by atoms with E-state index in [4.69, 9.17) is 0 Å². The van der Waals surface area contributed by atoms with E-state index < -0.39 is 11.6 Å². The second-order valence-electron chi connectivity index (χ2n) is 5.08. The standard InChI is InChI=1S/C14H21F2NS/c1-9(2)7-17-8-11-5-12(15)14(13(16)6-11)18-10(3)4/h5-6,9-10,17H,7-8H2,1-4H3. The van der Waals surface area contributed by atoms with Gasteiger partial charge in [-0.15, -0.1) is 11.8 Å². The molecule has 1 aromatic carbocycles. The number of hydrogen-bond donors (Lipinski definition) is 1. The highest BCUT2D eigenvalue weighted by Crippen LogP contribution is 2.29. The van der Waals surface area contributed by atoms with Crippen LogP contribution in [0.2, 0.25) is 0 Å². The van der Waals surface area contributed by atoms with Crippen molar-refractivity contribution in [3.8, 4) is 0 Å². The summed E-state index contributed by atoms with van der Waals surface area (Å²) in [5.74, 6) is -0.402. The van der Waals surface area contributed by atoms with Crippen molar-refractivity contribution in [2.45, 2.75) is 44.4 Å². The van der Waals surface area contributed by atoms with Gasteiger partial charge < -0.3 is 5.32 Å². The van der Waals surface area contributed by atoms with Crippen molar-refractivity contribution in [3.05, 3.63) is 29.3 Å². The van der Waals surface area contributed by atoms with Crippen LogP contribution in [0.1, 0.15) is 33.3 Å². The van der Waals surface area contributed by atoms with E-state index in [9.17, 15) is 8.78 Å². The second kappa shape index (κ2) is 7.10. The maximum absolute atomic E-state index is 13.8. The number of thioether (sulfide) groups is 1. The van der Waals surface area contributed by atoms with Crippen LogP contribution in [0.5, 0.6) is 0 Å². The van der Waals surface area contributed by atoms with E-state index in [0.717, 1.165) is 6.54 Å². The Balaban J connectivity index is 2.73. The maximum Gasteiger partial charge on any atom is 0.140 e. The van der Waals surface area contributed by atoms with Crippen molar-refractivity contribution >= 4 is 11.8 Å². The summed E-state index contributed by atoms with van der Waals surface area (Å²) < 4.78 is 27.5. The van der Waals surface area contributed by atoms with E-state index >= 15 is 0 Å². The molecule has 0 amide bonds. The van der Waals surface area contributed by atoms with Gasteiger partial charge in [-0.3, -0.25) is 0 Å². The molecule has 0 atom stereocenters. The first-order valence-electron chi connectivity index (χ1n) is 6.25. The van der Waals surface area contributed by atoms with Crippen LogP contribution in [0.15, 0.2) is 17.0 Å². The molecule has 0 saturated heterocycles. The summed E-state index contributed by atoms with van der Waals surface area (Å²) in [5.41, 5.74) is 0.652. The topological polar surface area (TPSA) is 12.0 Å². The average molecular weight is 273 g/mol. The zero-order chi connectivity index (χ0) is 13.7. The Bertz CT molecular complexity index is 368. The molecule has 1 N–H and O–H groups in total. The molecule has 0 aliphatic rings. The van der Waals surface area contributed by atoms with Gasteiger partial charge >= 0.3 is 0 Å². The van der Waals surface area contributed by atoms with Crippen LogP contribution in [0, 0.1) is 17.6 Å². The SMILES string of the molecule is CC(C)CNCc1cc(F)c(SC(C)C)c(F)c1. The molecule has 0 bridgehead atoms. The molecule has 1 aromatic rings. The molecule has 0 saturated carbocycles. The van der Waals surface area contributed by atoms with Gasteiger partial charge in [-0.25, -0.2) is 8.78 Å². The summed E-state index contributed by atoms with van der Waals surface area (Å²) >= 11 is 1.22. The zero-order valence-corrected chi connectivity index (χ0v) is 12.2. The average Bonchev–Trinajstić information content (AvgIpc) is 2.22. The molecule has 18 heavy (non-hydrogen) atoms.